The van der Waals surface area contributed by atoms with E-state index < -0.39 is 6.04 Å². The zero-order valence-electron chi connectivity index (χ0n) is 12.8. The predicted molar refractivity (Wildman–Crippen MR) is 87.7 cm³/mol. The number of rotatable bonds is 6. The Labute approximate surface area is 136 Å². The standard InChI is InChI=1S/C15H21N3O3.ClH/c1-16-9-7-14(19)17-11-8-10-18(15(11)20)12-5-3-4-6-13(12)21-2;/h3-6,11,16H,7-10H2,1-2H3,(H,17,19);1H. The Bertz CT molecular complexity index is 525. The second kappa shape index (κ2) is 8.60. The van der Waals surface area contributed by atoms with Crippen LogP contribution in [-0.2, 0) is 9.59 Å². The van der Waals surface area contributed by atoms with E-state index in [1.54, 1.807) is 19.1 Å². The van der Waals surface area contributed by atoms with E-state index in [1.807, 2.05) is 24.3 Å². The second-order valence-corrected chi connectivity index (χ2v) is 4.92. The molecule has 0 aliphatic carbocycles. The highest BCUT2D eigenvalue weighted by molar-refractivity contribution is 6.02. The molecule has 0 radical (unpaired) electrons. The van der Waals surface area contributed by atoms with Crippen LogP contribution >= 0.6 is 12.4 Å². The summed E-state index contributed by atoms with van der Waals surface area (Å²) in [7, 11) is 3.37. The van der Waals surface area contributed by atoms with Gasteiger partial charge >= 0.3 is 0 Å². The molecular formula is C15H22ClN3O3. The maximum absolute atomic E-state index is 12.4. The summed E-state index contributed by atoms with van der Waals surface area (Å²) >= 11 is 0. The molecule has 1 atom stereocenters. The van der Waals surface area contributed by atoms with Crippen LogP contribution in [0.1, 0.15) is 12.8 Å². The van der Waals surface area contributed by atoms with E-state index >= 15 is 0 Å². The number of anilines is 1. The Balaban J connectivity index is 0.00000242. The molecule has 0 saturated carbocycles. The van der Waals surface area contributed by atoms with Gasteiger partial charge < -0.3 is 20.3 Å². The molecule has 22 heavy (non-hydrogen) atoms. The highest BCUT2D eigenvalue weighted by Crippen LogP contribution is 2.30. The molecule has 1 aliphatic heterocycles. The largest absolute Gasteiger partial charge is 0.495 e. The zero-order valence-corrected chi connectivity index (χ0v) is 13.6. The number of carbonyl (C=O) groups is 2. The SMILES string of the molecule is CNCCC(=O)NC1CCN(c2ccccc2OC)C1=O.Cl. The number of hydrogen-bond donors (Lipinski definition) is 2. The van der Waals surface area contributed by atoms with Crippen molar-refractivity contribution in [3.05, 3.63) is 24.3 Å². The van der Waals surface area contributed by atoms with Gasteiger partial charge in [0, 0.05) is 19.5 Å². The maximum Gasteiger partial charge on any atom is 0.249 e. The molecule has 1 aromatic carbocycles. The van der Waals surface area contributed by atoms with Crippen LogP contribution in [0.15, 0.2) is 24.3 Å². The highest BCUT2D eigenvalue weighted by atomic mass is 35.5. The Morgan fingerprint density at radius 2 is 2.14 bits per heavy atom. The Morgan fingerprint density at radius 1 is 1.41 bits per heavy atom. The number of halogens is 1. The monoisotopic (exact) mass is 327 g/mol. The van der Waals surface area contributed by atoms with Crippen LogP contribution < -0.4 is 20.3 Å². The lowest BCUT2D eigenvalue weighted by molar-refractivity contribution is -0.126. The quantitative estimate of drug-likeness (QED) is 0.816. The zero-order chi connectivity index (χ0) is 15.2. The van der Waals surface area contributed by atoms with E-state index in [0.717, 1.165) is 5.69 Å². The Morgan fingerprint density at radius 3 is 2.82 bits per heavy atom. The van der Waals surface area contributed by atoms with Gasteiger partial charge in [0.15, 0.2) is 0 Å². The summed E-state index contributed by atoms with van der Waals surface area (Å²) in [6, 6.07) is 6.95. The molecule has 1 aliphatic rings. The molecule has 2 amide bonds. The second-order valence-electron chi connectivity index (χ2n) is 4.92. The van der Waals surface area contributed by atoms with Crippen LogP contribution in [0.25, 0.3) is 0 Å². The lowest BCUT2D eigenvalue weighted by Gasteiger charge is -2.19. The van der Waals surface area contributed by atoms with Gasteiger partial charge in [-0.15, -0.1) is 12.4 Å². The molecule has 122 valence electrons. The molecule has 1 unspecified atom stereocenters. The topological polar surface area (TPSA) is 70.7 Å². The van der Waals surface area contributed by atoms with Gasteiger partial charge in [-0.2, -0.15) is 0 Å². The molecule has 1 aromatic rings. The van der Waals surface area contributed by atoms with Crippen molar-refractivity contribution in [1.82, 2.24) is 10.6 Å². The van der Waals surface area contributed by atoms with E-state index in [9.17, 15) is 9.59 Å². The van der Waals surface area contributed by atoms with Crippen LogP contribution in [0, 0.1) is 0 Å². The first kappa shape index (κ1) is 18.3. The summed E-state index contributed by atoms with van der Waals surface area (Å²) < 4.78 is 5.29. The summed E-state index contributed by atoms with van der Waals surface area (Å²) in [6.45, 7) is 1.18. The third kappa shape index (κ3) is 4.11. The summed E-state index contributed by atoms with van der Waals surface area (Å²) in [5, 5.41) is 5.70. The predicted octanol–water partition coefficient (Wildman–Crippen LogP) is 0.948. The van der Waals surface area contributed by atoms with Gasteiger partial charge in [-0.05, 0) is 25.6 Å². The number of nitrogens with zero attached hydrogens (tertiary/aromatic N) is 1. The Hall–Kier alpha value is -1.79. The number of benzene rings is 1. The lowest BCUT2D eigenvalue weighted by Crippen LogP contribution is -2.42. The third-order valence-corrected chi connectivity index (χ3v) is 3.52. The number of hydrogen-bond acceptors (Lipinski definition) is 4. The third-order valence-electron chi connectivity index (χ3n) is 3.52. The van der Waals surface area contributed by atoms with Crippen LogP contribution in [0.4, 0.5) is 5.69 Å². The minimum absolute atomic E-state index is 0. The van der Waals surface area contributed by atoms with E-state index in [4.69, 9.17) is 4.74 Å². The van der Waals surface area contributed by atoms with Crippen LogP contribution in [0.5, 0.6) is 5.75 Å². The fourth-order valence-corrected chi connectivity index (χ4v) is 2.41. The molecule has 1 fully saturated rings. The average molecular weight is 328 g/mol. The molecule has 7 heteroatoms. The first-order valence-electron chi connectivity index (χ1n) is 7.05. The van der Waals surface area contributed by atoms with Gasteiger partial charge in [0.1, 0.15) is 11.8 Å². The number of amides is 2. The average Bonchev–Trinajstić information content (AvgIpc) is 2.86. The molecule has 0 aromatic heterocycles. The van der Waals surface area contributed by atoms with Crippen molar-refractivity contribution in [3.8, 4) is 5.75 Å². The van der Waals surface area contributed by atoms with Crippen molar-refractivity contribution in [1.29, 1.82) is 0 Å². The van der Waals surface area contributed by atoms with Crippen molar-refractivity contribution >= 4 is 29.9 Å². The van der Waals surface area contributed by atoms with Gasteiger partial charge in [-0.3, -0.25) is 9.59 Å². The first-order chi connectivity index (χ1) is 10.2. The molecule has 6 nitrogen and oxygen atoms in total. The van der Waals surface area contributed by atoms with Crippen molar-refractivity contribution < 1.29 is 14.3 Å². The van der Waals surface area contributed by atoms with E-state index in [-0.39, 0.29) is 24.2 Å². The summed E-state index contributed by atoms with van der Waals surface area (Å²) in [6.07, 6.45) is 0.983. The highest BCUT2D eigenvalue weighted by Gasteiger charge is 2.34. The minimum atomic E-state index is -0.445. The van der Waals surface area contributed by atoms with E-state index in [1.165, 1.54) is 0 Å². The van der Waals surface area contributed by atoms with Gasteiger partial charge in [0.25, 0.3) is 0 Å². The molecule has 2 rings (SSSR count). The smallest absolute Gasteiger partial charge is 0.249 e. The van der Waals surface area contributed by atoms with Gasteiger partial charge in [-0.25, -0.2) is 0 Å². The first-order valence-corrected chi connectivity index (χ1v) is 7.05. The van der Waals surface area contributed by atoms with Crippen LogP contribution in [0.3, 0.4) is 0 Å². The van der Waals surface area contributed by atoms with Crippen molar-refractivity contribution in [2.45, 2.75) is 18.9 Å². The van der Waals surface area contributed by atoms with Crippen molar-refractivity contribution in [2.75, 3.05) is 32.1 Å². The summed E-state index contributed by atoms with van der Waals surface area (Å²) in [5.74, 6) is 0.467. The van der Waals surface area contributed by atoms with Gasteiger partial charge in [0.2, 0.25) is 11.8 Å². The van der Waals surface area contributed by atoms with Crippen molar-refractivity contribution in [3.63, 3.8) is 0 Å². The summed E-state index contributed by atoms with van der Waals surface area (Å²) in [5.41, 5.74) is 0.747. The number of ether oxygens (including phenoxy) is 1. The van der Waals surface area contributed by atoms with E-state index in [2.05, 4.69) is 10.6 Å². The van der Waals surface area contributed by atoms with Crippen molar-refractivity contribution in [2.24, 2.45) is 0 Å². The fraction of sp³-hybridized carbons (Fsp3) is 0.467. The molecule has 1 saturated heterocycles. The fourth-order valence-electron chi connectivity index (χ4n) is 2.41. The number of para-hydroxylation sites is 2. The van der Waals surface area contributed by atoms with Gasteiger partial charge in [0.05, 0.1) is 12.8 Å². The normalized spacial score (nSPS) is 17.1. The molecule has 1 heterocycles. The molecule has 0 spiro atoms. The van der Waals surface area contributed by atoms with Crippen LogP contribution in [0.2, 0.25) is 0 Å². The molecular weight excluding hydrogens is 306 g/mol. The maximum atomic E-state index is 12.4. The Kier molecular flexibility index (Phi) is 7.14. The number of nitrogens with one attached hydrogen (secondary N) is 2. The van der Waals surface area contributed by atoms with Gasteiger partial charge in [-0.1, -0.05) is 12.1 Å². The summed E-state index contributed by atoms with van der Waals surface area (Å²) in [4.78, 5) is 25.8. The lowest BCUT2D eigenvalue weighted by atomic mass is 10.2. The minimum Gasteiger partial charge on any atom is -0.495 e. The molecule has 2 N–H and O–H groups in total. The van der Waals surface area contributed by atoms with Crippen LogP contribution in [-0.4, -0.2) is 45.1 Å². The van der Waals surface area contributed by atoms with E-state index in [0.29, 0.717) is 31.7 Å². The number of methoxy groups -OCH3 is 1. The molecule has 0 bridgehead atoms. The number of carbonyl (C=O) groups excluding carboxylic acids is 2.